The highest BCUT2D eigenvalue weighted by atomic mass is 28.4. The first-order chi connectivity index (χ1) is 13.4. The molecule has 0 saturated carbocycles. The molecule has 1 fully saturated rings. The van der Waals surface area contributed by atoms with Gasteiger partial charge in [-0.05, 0) is 47.8 Å². The fourth-order valence-electron chi connectivity index (χ4n) is 4.14. The van der Waals surface area contributed by atoms with Crippen molar-refractivity contribution in [2.24, 2.45) is 0 Å². The highest BCUT2D eigenvalue weighted by molar-refractivity contribution is 6.74. The molecule has 160 valence electrons. The molecule has 1 saturated heterocycles. The number of amides is 1. The SMILES string of the molecule is C=C[C@]12c3cc(OC)c(OC)cc3CCN1C(=O)[C@H](O[Si](C)(C)C(C)(C)C)[C@H]2O. The molecular formula is C22H33NO5Si. The fraction of sp³-hybridized carbons (Fsp3) is 0.591. The Hall–Kier alpha value is -1.83. The topological polar surface area (TPSA) is 68.2 Å². The Labute approximate surface area is 174 Å². The fourth-order valence-corrected chi connectivity index (χ4v) is 5.36. The summed E-state index contributed by atoms with van der Waals surface area (Å²) >= 11 is 0. The second-order valence-electron chi connectivity index (χ2n) is 9.38. The van der Waals surface area contributed by atoms with Gasteiger partial charge in [0.2, 0.25) is 0 Å². The molecule has 0 aliphatic carbocycles. The van der Waals surface area contributed by atoms with Crippen LogP contribution in [0, 0.1) is 0 Å². The number of nitrogens with zero attached hydrogens (tertiary/aromatic N) is 1. The van der Waals surface area contributed by atoms with Crippen molar-refractivity contribution in [1.29, 1.82) is 0 Å². The van der Waals surface area contributed by atoms with E-state index in [4.69, 9.17) is 13.9 Å². The number of methoxy groups -OCH3 is 2. The van der Waals surface area contributed by atoms with E-state index in [1.807, 2.05) is 12.1 Å². The summed E-state index contributed by atoms with van der Waals surface area (Å²) in [5, 5.41) is 11.4. The van der Waals surface area contributed by atoms with Gasteiger partial charge in [0.1, 0.15) is 11.6 Å². The average Bonchev–Trinajstić information content (AvgIpc) is 2.87. The van der Waals surface area contributed by atoms with Crippen LogP contribution >= 0.6 is 0 Å². The third kappa shape index (κ3) is 3.10. The van der Waals surface area contributed by atoms with Gasteiger partial charge in [0.25, 0.3) is 5.91 Å². The first-order valence-electron chi connectivity index (χ1n) is 10.0. The highest BCUT2D eigenvalue weighted by Crippen LogP contribution is 2.50. The Morgan fingerprint density at radius 1 is 1.24 bits per heavy atom. The molecule has 29 heavy (non-hydrogen) atoms. The van der Waals surface area contributed by atoms with Crippen molar-refractivity contribution >= 4 is 14.2 Å². The van der Waals surface area contributed by atoms with Crippen molar-refractivity contribution in [2.75, 3.05) is 20.8 Å². The van der Waals surface area contributed by atoms with Crippen LogP contribution in [0.5, 0.6) is 11.5 Å². The number of rotatable bonds is 5. The zero-order chi connectivity index (χ0) is 21.8. The van der Waals surface area contributed by atoms with E-state index in [9.17, 15) is 9.90 Å². The lowest BCUT2D eigenvalue weighted by Crippen LogP contribution is -2.52. The molecule has 7 heteroatoms. The largest absolute Gasteiger partial charge is 0.493 e. The summed E-state index contributed by atoms with van der Waals surface area (Å²) in [7, 11) is 0.897. The van der Waals surface area contributed by atoms with Crippen LogP contribution in [0.4, 0.5) is 0 Å². The third-order valence-corrected chi connectivity index (χ3v) is 11.3. The number of aliphatic hydroxyl groups is 1. The quantitative estimate of drug-likeness (QED) is 0.586. The van der Waals surface area contributed by atoms with Crippen molar-refractivity contribution in [3.63, 3.8) is 0 Å². The average molecular weight is 420 g/mol. The van der Waals surface area contributed by atoms with Crippen LogP contribution in [-0.2, 0) is 21.2 Å². The minimum Gasteiger partial charge on any atom is -0.493 e. The zero-order valence-electron chi connectivity index (χ0n) is 18.5. The van der Waals surface area contributed by atoms with E-state index < -0.39 is 26.1 Å². The number of aliphatic hydroxyl groups excluding tert-OH is 1. The van der Waals surface area contributed by atoms with Gasteiger partial charge in [-0.1, -0.05) is 26.8 Å². The third-order valence-electron chi connectivity index (χ3n) is 6.88. The van der Waals surface area contributed by atoms with E-state index in [-0.39, 0.29) is 10.9 Å². The Kier molecular flexibility index (Phi) is 5.39. The predicted molar refractivity (Wildman–Crippen MR) is 115 cm³/mol. The number of ether oxygens (including phenoxy) is 2. The van der Waals surface area contributed by atoms with Gasteiger partial charge in [0, 0.05) is 6.54 Å². The lowest BCUT2D eigenvalue weighted by Gasteiger charge is -2.43. The maximum atomic E-state index is 13.4. The second kappa shape index (κ2) is 7.14. The summed E-state index contributed by atoms with van der Waals surface area (Å²) in [5.74, 6) is 1.01. The number of hydrogen-bond donors (Lipinski definition) is 1. The van der Waals surface area contributed by atoms with Gasteiger partial charge in [-0.15, -0.1) is 6.58 Å². The number of carbonyl (C=O) groups excluding carboxylic acids is 1. The first kappa shape index (κ1) is 21.9. The van der Waals surface area contributed by atoms with E-state index in [2.05, 4.69) is 40.4 Å². The van der Waals surface area contributed by atoms with Crippen LogP contribution in [0.15, 0.2) is 24.8 Å². The molecule has 0 radical (unpaired) electrons. The summed E-state index contributed by atoms with van der Waals surface area (Å²) < 4.78 is 17.3. The molecule has 3 rings (SSSR count). The second-order valence-corrected chi connectivity index (χ2v) is 14.1. The van der Waals surface area contributed by atoms with Crippen LogP contribution < -0.4 is 9.47 Å². The summed E-state index contributed by atoms with van der Waals surface area (Å²) in [6, 6.07) is 3.78. The van der Waals surface area contributed by atoms with Crippen molar-refractivity contribution in [1.82, 2.24) is 4.90 Å². The smallest absolute Gasteiger partial charge is 0.254 e. The van der Waals surface area contributed by atoms with Crippen LogP contribution in [0.2, 0.25) is 18.1 Å². The summed E-state index contributed by atoms with van der Waals surface area (Å²) in [6.07, 6.45) is 0.372. The molecule has 0 aromatic heterocycles. The minimum atomic E-state index is -2.27. The summed E-state index contributed by atoms with van der Waals surface area (Å²) in [6.45, 7) is 15.0. The van der Waals surface area contributed by atoms with Gasteiger partial charge < -0.3 is 23.9 Å². The molecule has 0 unspecified atom stereocenters. The van der Waals surface area contributed by atoms with Crippen LogP contribution in [-0.4, -0.2) is 57.2 Å². The Morgan fingerprint density at radius 3 is 2.34 bits per heavy atom. The molecule has 1 aromatic rings. The molecule has 2 heterocycles. The lowest BCUT2D eigenvalue weighted by atomic mass is 9.78. The van der Waals surface area contributed by atoms with E-state index in [0.717, 1.165) is 11.1 Å². The molecular weight excluding hydrogens is 386 g/mol. The van der Waals surface area contributed by atoms with Gasteiger partial charge in [-0.3, -0.25) is 4.79 Å². The van der Waals surface area contributed by atoms with E-state index >= 15 is 0 Å². The zero-order valence-corrected chi connectivity index (χ0v) is 19.5. The maximum Gasteiger partial charge on any atom is 0.254 e. The standard InChI is InChI=1S/C22H33NO5Si/c1-9-22-15-13-17(27-6)16(26-5)12-14(15)10-11-23(22)20(25)18(19(22)24)28-29(7,8)21(2,3)4/h9,12-13,18-19,24H,1,10-11H2,2-8H3/t18-,19-,22-/m1/s1. The van der Waals surface area contributed by atoms with Gasteiger partial charge in [-0.2, -0.15) is 0 Å². The van der Waals surface area contributed by atoms with Gasteiger partial charge in [0.15, 0.2) is 25.9 Å². The molecule has 6 nitrogen and oxygen atoms in total. The normalized spacial score (nSPS) is 26.8. The van der Waals surface area contributed by atoms with Crippen molar-refractivity contribution in [2.45, 2.75) is 63.1 Å². The molecule has 0 bridgehead atoms. The first-order valence-corrected chi connectivity index (χ1v) is 12.9. The number of hydrogen-bond acceptors (Lipinski definition) is 5. The predicted octanol–water partition coefficient (Wildman–Crippen LogP) is 3.23. The lowest BCUT2D eigenvalue weighted by molar-refractivity contribution is -0.136. The Balaban J connectivity index is 2.12. The van der Waals surface area contributed by atoms with Gasteiger partial charge >= 0.3 is 0 Å². The number of benzene rings is 1. The van der Waals surface area contributed by atoms with Crippen molar-refractivity contribution in [3.8, 4) is 11.5 Å². The molecule has 2 aliphatic rings. The maximum absolute atomic E-state index is 13.4. The highest BCUT2D eigenvalue weighted by Gasteiger charge is 2.61. The van der Waals surface area contributed by atoms with Gasteiger partial charge in [-0.25, -0.2) is 0 Å². The summed E-state index contributed by atoms with van der Waals surface area (Å²) in [5.41, 5.74) is 0.786. The van der Waals surface area contributed by atoms with E-state index in [0.29, 0.717) is 24.5 Å². The van der Waals surface area contributed by atoms with E-state index in [1.54, 1.807) is 25.2 Å². The molecule has 1 aromatic carbocycles. The molecule has 1 amide bonds. The summed E-state index contributed by atoms with van der Waals surface area (Å²) in [4.78, 5) is 15.1. The van der Waals surface area contributed by atoms with Crippen LogP contribution in [0.3, 0.4) is 0 Å². The monoisotopic (exact) mass is 419 g/mol. The Bertz CT molecular complexity index is 831. The molecule has 3 atom stereocenters. The van der Waals surface area contributed by atoms with E-state index in [1.165, 1.54) is 0 Å². The van der Waals surface area contributed by atoms with Crippen LogP contribution in [0.1, 0.15) is 31.9 Å². The number of carbonyl (C=O) groups is 1. The van der Waals surface area contributed by atoms with Crippen molar-refractivity contribution in [3.05, 3.63) is 35.9 Å². The minimum absolute atomic E-state index is 0.0774. The number of fused-ring (bicyclic) bond motifs is 3. The molecule has 1 N–H and O–H groups in total. The Morgan fingerprint density at radius 2 is 1.83 bits per heavy atom. The van der Waals surface area contributed by atoms with Gasteiger partial charge in [0.05, 0.1) is 14.2 Å². The van der Waals surface area contributed by atoms with Crippen molar-refractivity contribution < 1.29 is 23.8 Å². The molecule has 2 aliphatic heterocycles. The van der Waals surface area contributed by atoms with Crippen LogP contribution in [0.25, 0.3) is 0 Å². The molecule has 0 spiro atoms.